The zero-order valence-corrected chi connectivity index (χ0v) is 22.0. The Kier molecular flexibility index (Phi) is 11.5. The van der Waals surface area contributed by atoms with Crippen molar-refractivity contribution in [3.8, 4) is 0 Å². The van der Waals surface area contributed by atoms with Gasteiger partial charge in [0.05, 0.1) is 11.4 Å². The number of hydrogen-bond acceptors (Lipinski definition) is 6. The van der Waals surface area contributed by atoms with Crippen LogP contribution in [0.15, 0.2) is 64.4 Å². The molecule has 0 saturated heterocycles. The number of fused-ring (bicyclic) bond motifs is 2. The Balaban J connectivity index is 0.000000493. The molecule has 0 aliphatic carbocycles. The average Bonchev–Trinajstić information content (AvgIpc) is 2.87. The quantitative estimate of drug-likeness (QED) is 0.386. The van der Waals surface area contributed by atoms with Crippen molar-refractivity contribution in [2.45, 2.75) is 49.9 Å². The van der Waals surface area contributed by atoms with Crippen LogP contribution in [0.2, 0.25) is 0 Å². The van der Waals surface area contributed by atoms with Gasteiger partial charge in [-0.05, 0) is 56.8 Å². The Morgan fingerprint density at radius 2 is 1.58 bits per heavy atom. The maximum Gasteiger partial charge on any atom is 0.328 e. The first-order valence-corrected chi connectivity index (χ1v) is 12.9. The summed E-state index contributed by atoms with van der Waals surface area (Å²) in [6, 6.07) is 15.0. The number of nitrogens with one attached hydrogen (secondary N) is 1. The lowest BCUT2D eigenvalue weighted by molar-refractivity contribution is -0.134. The summed E-state index contributed by atoms with van der Waals surface area (Å²) in [4.78, 5) is 39.0. The molecule has 9 heteroatoms. The second kappa shape index (κ2) is 14.3. The number of carbonyl (C=O) groups is 3. The molecule has 2 aromatic rings. The number of benzene rings is 2. The molecule has 0 fully saturated rings. The lowest BCUT2D eigenvalue weighted by Crippen LogP contribution is -2.41. The summed E-state index contributed by atoms with van der Waals surface area (Å²) in [7, 11) is 0. The molecular weight excluding hydrogens is 478 g/mol. The number of carbonyl (C=O) groups excluding carboxylic acids is 1. The zero-order valence-electron chi connectivity index (χ0n) is 21.2. The molecule has 0 spiro atoms. The molecule has 1 amide bonds. The van der Waals surface area contributed by atoms with Gasteiger partial charge in [0.15, 0.2) is 0 Å². The molecule has 0 saturated carbocycles. The molecule has 2 aromatic carbocycles. The number of anilines is 2. The Hall–Kier alpha value is -3.30. The Morgan fingerprint density at radius 3 is 2.17 bits per heavy atom. The predicted molar refractivity (Wildman–Crippen MR) is 143 cm³/mol. The fraction of sp³-hybridized carbons (Fsp3) is 0.370. The number of hydrogen-bond donors (Lipinski definition) is 3. The third-order valence-corrected chi connectivity index (χ3v) is 6.72. The molecule has 3 rings (SSSR count). The third-order valence-electron chi connectivity index (χ3n) is 5.59. The third kappa shape index (κ3) is 8.13. The van der Waals surface area contributed by atoms with Crippen LogP contribution in [0.3, 0.4) is 0 Å². The SMILES string of the molecule is CCCNC(=O)c1ccc2c(c1)N(C(C)CN(CC)CC)c1ccccc1S2.O=C(O)C=CC(=O)O. The van der Waals surface area contributed by atoms with Crippen LogP contribution in [0.1, 0.15) is 44.5 Å². The van der Waals surface area contributed by atoms with Gasteiger partial charge in [0, 0.05) is 46.6 Å². The van der Waals surface area contributed by atoms with E-state index in [0.717, 1.165) is 37.3 Å². The van der Waals surface area contributed by atoms with Gasteiger partial charge in [-0.3, -0.25) is 4.79 Å². The molecule has 1 atom stereocenters. The molecule has 1 aliphatic rings. The van der Waals surface area contributed by atoms with Crippen molar-refractivity contribution in [3.05, 3.63) is 60.2 Å². The minimum Gasteiger partial charge on any atom is -0.478 e. The van der Waals surface area contributed by atoms with E-state index in [4.69, 9.17) is 10.2 Å². The minimum absolute atomic E-state index is 0.00449. The molecule has 1 unspecified atom stereocenters. The molecule has 0 aromatic heterocycles. The number of carboxylic acid groups (broad SMARTS) is 2. The first-order chi connectivity index (χ1) is 17.2. The molecule has 3 N–H and O–H groups in total. The van der Waals surface area contributed by atoms with Crippen molar-refractivity contribution >= 4 is 41.0 Å². The summed E-state index contributed by atoms with van der Waals surface area (Å²) >= 11 is 1.79. The van der Waals surface area contributed by atoms with E-state index >= 15 is 0 Å². The topological polar surface area (TPSA) is 110 Å². The van der Waals surface area contributed by atoms with Gasteiger partial charge in [-0.1, -0.05) is 44.7 Å². The molecule has 1 aliphatic heterocycles. The van der Waals surface area contributed by atoms with Crippen molar-refractivity contribution in [1.82, 2.24) is 10.2 Å². The summed E-state index contributed by atoms with van der Waals surface area (Å²) < 4.78 is 0. The van der Waals surface area contributed by atoms with Crippen LogP contribution in [-0.4, -0.2) is 65.2 Å². The van der Waals surface area contributed by atoms with Crippen LogP contribution in [-0.2, 0) is 9.59 Å². The average molecular weight is 514 g/mol. The number of rotatable bonds is 10. The van der Waals surface area contributed by atoms with Gasteiger partial charge >= 0.3 is 11.9 Å². The van der Waals surface area contributed by atoms with E-state index in [1.54, 1.807) is 11.8 Å². The van der Waals surface area contributed by atoms with Crippen molar-refractivity contribution in [1.29, 1.82) is 0 Å². The molecule has 36 heavy (non-hydrogen) atoms. The van der Waals surface area contributed by atoms with Crippen LogP contribution in [0, 0.1) is 0 Å². The molecule has 1 heterocycles. The van der Waals surface area contributed by atoms with Crippen LogP contribution in [0.25, 0.3) is 0 Å². The smallest absolute Gasteiger partial charge is 0.328 e. The predicted octanol–water partition coefficient (Wildman–Crippen LogP) is 4.87. The van der Waals surface area contributed by atoms with Gasteiger partial charge in [-0.15, -0.1) is 0 Å². The second-order valence-electron chi connectivity index (χ2n) is 8.22. The fourth-order valence-corrected chi connectivity index (χ4v) is 4.87. The number of nitrogens with zero attached hydrogens (tertiary/aromatic N) is 2. The number of aliphatic carboxylic acids is 2. The highest BCUT2D eigenvalue weighted by molar-refractivity contribution is 7.99. The van der Waals surface area contributed by atoms with E-state index < -0.39 is 11.9 Å². The van der Waals surface area contributed by atoms with Gasteiger partial charge in [0.2, 0.25) is 0 Å². The fourth-order valence-electron chi connectivity index (χ4n) is 3.82. The minimum atomic E-state index is -1.26. The molecular formula is C27H35N3O5S. The first kappa shape index (κ1) is 28.9. The second-order valence-corrected chi connectivity index (χ2v) is 9.31. The van der Waals surface area contributed by atoms with E-state index in [2.05, 4.69) is 79.2 Å². The maximum absolute atomic E-state index is 12.5. The van der Waals surface area contributed by atoms with Crippen molar-refractivity contribution in [2.24, 2.45) is 0 Å². The van der Waals surface area contributed by atoms with E-state index in [1.807, 2.05) is 6.07 Å². The van der Waals surface area contributed by atoms with Crippen LogP contribution in [0.5, 0.6) is 0 Å². The van der Waals surface area contributed by atoms with Crippen LogP contribution >= 0.6 is 11.8 Å². The Bertz CT molecular complexity index is 1070. The zero-order chi connectivity index (χ0) is 26.7. The number of carboxylic acids is 2. The maximum atomic E-state index is 12.5. The lowest BCUT2D eigenvalue weighted by atomic mass is 10.1. The number of para-hydroxylation sites is 1. The van der Waals surface area contributed by atoms with E-state index in [9.17, 15) is 14.4 Å². The molecule has 194 valence electrons. The monoisotopic (exact) mass is 513 g/mol. The lowest BCUT2D eigenvalue weighted by Gasteiger charge is -2.39. The van der Waals surface area contributed by atoms with Gasteiger partial charge in [-0.2, -0.15) is 0 Å². The normalized spacial score (nSPS) is 12.9. The van der Waals surface area contributed by atoms with Crippen LogP contribution < -0.4 is 10.2 Å². The largest absolute Gasteiger partial charge is 0.478 e. The van der Waals surface area contributed by atoms with Gasteiger partial charge < -0.3 is 25.3 Å². The van der Waals surface area contributed by atoms with Gasteiger partial charge in [-0.25, -0.2) is 9.59 Å². The Labute approximate surface area is 217 Å². The summed E-state index contributed by atoms with van der Waals surface area (Å²) in [5.74, 6) is -2.51. The Morgan fingerprint density at radius 1 is 0.972 bits per heavy atom. The highest BCUT2D eigenvalue weighted by Gasteiger charge is 2.28. The first-order valence-electron chi connectivity index (χ1n) is 12.1. The van der Waals surface area contributed by atoms with E-state index in [0.29, 0.717) is 24.7 Å². The van der Waals surface area contributed by atoms with Crippen LogP contribution in [0.4, 0.5) is 11.4 Å². The molecule has 0 bridgehead atoms. The highest BCUT2D eigenvalue weighted by atomic mass is 32.2. The summed E-state index contributed by atoms with van der Waals surface area (Å²) in [6.45, 7) is 12.5. The van der Waals surface area contributed by atoms with Crippen molar-refractivity contribution < 1.29 is 24.6 Å². The summed E-state index contributed by atoms with van der Waals surface area (Å²) in [5, 5.41) is 18.6. The van der Waals surface area contributed by atoms with E-state index in [1.165, 1.54) is 15.5 Å². The number of likely N-dealkylation sites (N-methyl/N-ethyl adjacent to an activating group) is 1. The van der Waals surface area contributed by atoms with Crippen molar-refractivity contribution in [2.75, 3.05) is 31.1 Å². The van der Waals surface area contributed by atoms with Gasteiger partial charge in [0.1, 0.15) is 0 Å². The molecule has 8 nitrogen and oxygen atoms in total. The standard InChI is InChI=1S/C23H31N3OS.C4H4O4/c1-5-14-24-23(27)18-12-13-22-20(15-18)26(17(4)16-25(6-2)7-3)19-10-8-9-11-21(19)28-22;5-3(6)1-2-4(7)8/h8-13,15,17H,5-7,14,16H2,1-4H3,(H,24,27);1-2H,(H,5,6)(H,7,8). The number of amides is 1. The highest BCUT2D eigenvalue weighted by Crippen LogP contribution is 2.49. The molecule has 0 radical (unpaired) electrons. The summed E-state index contributed by atoms with van der Waals surface area (Å²) in [6.07, 6.45) is 2.05. The van der Waals surface area contributed by atoms with Crippen molar-refractivity contribution in [3.63, 3.8) is 0 Å². The summed E-state index contributed by atoms with van der Waals surface area (Å²) in [5.41, 5.74) is 3.09. The van der Waals surface area contributed by atoms with E-state index in [-0.39, 0.29) is 5.91 Å². The van der Waals surface area contributed by atoms with Gasteiger partial charge in [0.25, 0.3) is 5.91 Å².